The number of thioether (sulfide) groups is 1. The second-order valence-corrected chi connectivity index (χ2v) is 7.08. The fourth-order valence-electron chi connectivity index (χ4n) is 2.87. The van der Waals surface area contributed by atoms with Gasteiger partial charge in [0.1, 0.15) is 0 Å². The summed E-state index contributed by atoms with van der Waals surface area (Å²) in [5.41, 5.74) is 2.34. The van der Waals surface area contributed by atoms with Crippen molar-refractivity contribution in [2.24, 2.45) is 4.99 Å². The third-order valence-corrected chi connectivity index (χ3v) is 5.03. The Morgan fingerprint density at radius 1 is 1.26 bits per heavy atom. The van der Waals surface area contributed by atoms with Crippen molar-refractivity contribution >= 4 is 28.9 Å². The van der Waals surface area contributed by atoms with Crippen molar-refractivity contribution in [2.75, 3.05) is 13.1 Å². The third-order valence-electron chi connectivity index (χ3n) is 3.99. The highest BCUT2D eigenvalue weighted by Crippen LogP contribution is 2.31. The van der Waals surface area contributed by atoms with Gasteiger partial charge in [-0.3, -0.25) is 4.79 Å². The first-order valence-corrected chi connectivity index (χ1v) is 8.88. The highest BCUT2D eigenvalue weighted by molar-refractivity contribution is 8.18. The molecule has 1 amide bonds. The number of aryl methyl sites for hydroxylation is 1. The van der Waals surface area contributed by atoms with Crippen molar-refractivity contribution in [3.05, 3.63) is 40.3 Å². The predicted octanol–water partition coefficient (Wildman–Crippen LogP) is 3.33. The van der Waals surface area contributed by atoms with Crippen LogP contribution >= 0.6 is 11.8 Å². The summed E-state index contributed by atoms with van der Waals surface area (Å²) in [4.78, 5) is 19.3. The topological polar surface area (TPSA) is 41.9 Å². The van der Waals surface area contributed by atoms with Gasteiger partial charge in [0.2, 0.25) is 0 Å². The van der Waals surface area contributed by atoms with Gasteiger partial charge in [0.15, 0.2) is 5.17 Å². The van der Waals surface area contributed by atoms with Crippen molar-refractivity contribution in [1.29, 1.82) is 0 Å². The fourth-order valence-corrected chi connectivity index (χ4v) is 3.80. The Labute approximate surface area is 141 Å². The molecule has 0 saturated carbocycles. The Balaban J connectivity index is 1.72. The summed E-state index contributed by atoms with van der Waals surface area (Å²) in [6, 6.07) is 8.31. The highest BCUT2D eigenvalue weighted by Gasteiger charge is 2.30. The van der Waals surface area contributed by atoms with E-state index >= 15 is 0 Å². The summed E-state index contributed by atoms with van der Waals surface area (Å²) in [6.07, 6.45) is 3.26. The molecule has 2 atom stereocenters. The summed E-state index contributed by atoms with van der Waals surface area (Å²) in [5, 5.41) is 0.799. The van der Waals surface area contributed by atoms with Gasteiger partial charge in [0.25, 0.3) is 5.91 Å². The van der Waals surface area contributed by atoms with E-state index in [-0.39, 0.29) is 18.1 Å². The van der Waals surface area contributed by atoms with Crippen LogP contribution < -0.4 is 0 Å². The number of aliphatic imine (C=N–C) groups is 1. The molecule has 122 valence electrons. The molecular formula is C18H22N2O2S. The lowest BCUT2D eigenvalue weighted by atomic mass is 10.1. The number of amidine groups is 1. The molecule has 0 aromatic heterocycles. The highest BCUT2D eigenvalue weighted by atomic mass is 32.2. The number of carbonyl (C=O) groups excluding carboxylic acids is 1. The van der Waals surface area contributed by atoms with Gasteiger partial charge < -0.3 is 9.64 Å². The SMILES string of the molecule is CCc1ccc(/C=C2\SC(N3CC(C)OC(C)C3)=NC2=O)cc1. The molecule has 0 radical (unpaired) electrons. The van der Waals surface area contributed by atoms with E-state index in [1.54, 1.807) is 0 Å². The first-order chi connectivity index (χ1) is 11.0. The summed E-state index contributed by atoms with van der Waals surface area (Å²) in [6.45, 7) is 7.80. The van der Waals surface area contributed by atoms with Gasteiger partial charge in [-0.15, -0.1) is 0 Å². The Hall–Kier alpha value is -1.59. The Bertz CT molecular complexity index is 641. The van der Waals surface area contributed by atoms with Crippen LogP contribution in [0.15, 0.2) is 34.2 Å². The quantitative estimate of drug-likeness (QED) is 0.780. The molecule has 1 saturated heterocycles. The molecule has 0 bridgehead atoms. The van der Waals surface area contributed by atoms with E-state index in [4.69, 9.17) is 4.74 Å². The van der Waals surface area contributed by atoms with Gasteiger partial charge in [0, 0.05) is 13.1 Å². The smallest absolute Gasteiger partial charge is 0.286 e. The minimum Gasteiger partial charge on any atom is -0.372 e. The van der Waals surface area contributed by atoms with E-state index in [0.29, 0.717) is 4.91 Å². The normalized spacial score (nSPS) is 26.7. The largest absolute Gasteiger partial charge is 0.372 e. The first-order valence-electron chi connectivity index (χ1n) is 8.07. The molecule has 1 aromatic rings. The molecule has 5 heteroatoms. The standard InChI is InChI=1S/C18H22N2O2S/c1-4-14-5-7-15(8-6-14)9-16-17(21)19-18(23-16)20-10-12(2)22-13(3)11-20/h5-9,12-13H,4,10-11H2,1-3H3/b16-9-. The second-order valence-electron chi connectivity index (χ2n) is 6.07. The fraction of sp³-hybridized carbons (Fsp3) is 0.444. The molecule has 2 aliphatic heterocycles. The summed E-state index contributed by atoms with van der Waals surface area (Å²) >= 11 is 1.47. The van der Waals surface area contributed by atoms with Gasteiger partial charge in [0.05, 0.1) is 17.1 Å². The van der Waals surface area contributed by atoms with E-state index in [2.05, 4.69) is 54.9 Å². The van der Waals surface area contributed by atoms with E-state index in [1.165, 1.54) is 17.3 Å². The maximum Gasteiger partial charge on any atom is 0.286 e. The second kappa shape index (κ2) is 6.89. The molecule has 0 N–H and O–H groups in total. The molecule has 1 fully saturated rings. The van der Waals surface area contributed by atoms with Crippen LogP contribution in [-0.4, -0.2) is 41.3 Å². The molecule has 2 aliphatic rings. The number of hydrogen-bond acceptors (Lipinski definition) is 4. The predicted molar refractivity (Wildman–Crippen MR) is 95.4 cm³/mol. The number of hydrogen-bond donors (Lipinski definition) is 0. The molecular weight excluding hydrogens is 308 g/mol. The van der Waals surface area contributed by atoms with Crippen LogP contribution in [0, 0.1) is 0 Å². The van der Waals surface area contributed by atoms with Crippen LogP contribution in [0.3, 0.4) is 0 Å². The zero-order chi connectivity index (χ0) is 16.4. The monoisotopic (exact) mass is 330 g/mol. The lowest BCUT2D eigenvalue weighted by Crippen LogP contribution is -2.47. The summed E-state index contributed by atoms with van der Waals surface area (Å²) in [7, 11) is 0. The number of ether oxygens (including phenoxy) is 1. The molecule has 23 heavy (non-hydrogen) atoms. The number of morpholine rings is 1. The van der Waals surface area contributed by atoms with Crippen molar-refractivity contribution in [3.63, 3.8) is 0 Å². The van der Waals surface area contributed by atoms with Crippen molar-refractivity contribution in [2.45, 2.75) is 39.4 Å². The van der Waals surface area contributed by atoms with Gasteiger partial charge in [-0.25, -0.2) is 0 Å². The summed E-state index contributed by atoms with van der Waals surface area (Å²) < 4.78 is 5.74. The Kier molecular flexibility index (Phi) is 4.87. The molecule has 4 nitrogen and oxygen atoms in total. The molecule has 2 heterocycles. The zero-order valence-electron chi connectivity index (χ0n) is 13.8. The molecule has 0 spiro atoms. The minimum absolute atomic E-state index is 0.142. The van der Waals surface area contributed by atoms with Gasteiger partial charge >= 0.3 is 0 Å². The molecule has 3 rings (SSSR count). The van der Waals surface area contributed by atoms with E-state index < -0.39 is 0 Å². The first kappa shape index (κ1) is 16.3. The lowest BCUT2D eigenvalue weighted by Gasteiger charge is -2.35. The van der Waals surface area contributed by atoms with Gasteiger partial charge in [-0.1, -0.05) is 31.2 Å². The Morgan fingerprint density at radius 3 is 2.52 bits per heavy atom. The maximum atomic E-state index is 12.2. The molecule has 0 aliphatic carbocycles. The number of rotatable bonds is 2. The lowest BCUT2D eigenvalue weighted by molar-refractivity contribution is -0.113. The average Bonchev–Trinajstić information content (AvgIpc) is 2.88. The van der Waals surface area contributed by atoms with Crippen LogP contribution in [0.4, 0.5) is 0 Å². The number of benzene rings is 1. The third kappa shape index (κ3) is 3.85. The minimum atomic E-state index is -0.142. The van der Waals surface area contributed by atoms with Crippen molar-refractivity contribution < 1.29 is 9.53 Å². The van der Waals surface area contributed by atoms with Crippen molar-refractivity contribution in [3.8, 4) is 0 Å². The van der Waals surface area contributed by atoms with Crippen LogP contribution in [0.1, 0.15) is 31.9 Å². The summed E-state index contributed by atoms with van der Waals surface area (Å²) in [5.74, 6) is -0.142. The van der Waals surface area contributed by atoms with Crippen LogP contribution in [-0.2, 0) is 16.0 Å². The van der Waals surface area contributed by atoms with Crippen LogP contribution in [0.5, 0.6) is 0 Å². The number of carbonyl (C=O) groups is 1. The average molecular weight is 330 g/mol. The number of amides is 1. The van der Waals surface area contributed by atoms with Crippen LogP contribution in [0.25, 0.3) is 6.08 Å². The van der Waals surface area contributed by atoms with Crippen LogP contribution in [0.2, 0.25) is 0 Å². The molecule has 1 aromatic carbocycles. The molecule has 2 unspecified atom stereocenters. The Morgan fingerprint density at radius 2 is 1.91 bits per heavy atom. The van der Waals surface area contributed by atoms with Crippen molar-refractivity contribution in [1.82, 2.24) is 4.90 Å². The van der Waals surface area contributed by atoms with Gasteiger partial charge in [-0.2, -0.15) is 4.99 Å². The van der Waals surface area contributed by atoms with E-state index in [9.17, 15) is 4.79 Å². The van der Waals surface area contributed by atoms with Gasteiger partial charge in [-0.05, 0) is 49.2 Å². The van der Waals surface area contributed by atoms with E-state index in [1.807, 2.05) is 6.08 Å². The zero-order valence-corrected chi connectivity index (χ0v) is 14.6. The van der Waals surface area contributed by atoms with E-state index in [0.717, 1.165) is 30.2 Å². The number of nitrogens with zero attached hydrogens (tertiary/aromatic N) is 2. The maximum absolute atomic E-state index is 12.2.